The minimum absolute atomic E-state index is 0.0408. The Morgan fingerprint density at radius 3 is 2.24 bits per heavy atom. The van der Waals surface area contributed by atoms with Gasteiger partial charge < -0.3 is 24.6 Å². The smallest absolute Gasteiger partial charge is 0.340 e. The fourth-order valence-electron chi connectivity index (χ4n) is 4.30. The molecule has 0 saturated heterocycles. The van der Waals surface area contributed by atoms with Crippen LogP contribution in [0.15, 0.2) is 50.0 Å². The van der Waals surface area contributed by atoms with Crippen molar-refractivity contribution in [3.05, 3.63) is 79.9 Å². The summed E-state index contributed by atoms with van der Waals surface area (Å²) in [5, 5.41) is 16.6. The van der Waals surface area contributed by atoms with E-state index in [-0.39, 0.29) is 18.4 Å². The quantitative estimate of drug-likeness (QED) is 0.288. The lowest BCUT2D eigenvalue weighted by Gasteiger charge is -2.19. The molecular weight excluding hydrogens is 512 g/mol. The zero-order chi connectivity index (χ0) is 27.7. The highest BCUT2D eigenvalue weighted by atomic mass is 35.5. The zero-order valence-corrected chi connectivity index (χ0v) is 22.1. The maximum atomic E-state index is 12.8. The third-order valence-corrected chi connectivity index (χ3v) is 6.91. The molecule has 2 aromatic heterocycles. The van der Waals surface area contributed by atoms with Crippen molar-refractivity contribution < 1.29 is 28.3 Å². The van der Waals surface area contributed by atoms with E-state index in [1.807, 2.05) is 19.9 Å². The van der Waals surface area contributed by atoms with Gasteiger partial charge in [-0.1, -0.05) is 23.7 Å². The molecule has 9 nitrogen and oxygen atoms in total. The van der Waals surface area contributed by atoms with E-state index in [0.717, 1.165) is 16.7 Å². The summed E-state index contributed by atoms with van der Waals surface area (Å²) in [6.07, 6.45) is -0.268. The number of benzene rings is 2. The standard InChI is InChI=1S/C28H27ClN2O7/c1-13-16(4)37-23-12-24-20(10-19(13)23)14(2)21(28(36)38-24)11-25(32)30-15(3)26(33)31-22(27(34)35)9-17-5-7-18(29)8-6-17/h5-8,10,12,15,22H,9,11H2,1-4H3,(H,30,32)(H,31,33)(H,34,35)/t15-,22+/m0/s1. The molecule has 2 atom stereocenters. The molecule has 0 unspecified atom stereocenters. The van der Waals surface area contributed by atoms with E-state index in [0.29, 0.717) is 32.7 Å². The van der Waals surface area contributed by atoms with Crippen molar-refractivity contribution in [1.29, 1.82) is 0 Å². The van der Waals surface area contributed by atoms with E-state index in [1.165, 1.54) is 6.92 Å². The highest BCUT2D eigenvalue weighted by Gasteiger charge is 2.25. The molecule has 2 heterocycles. The zero-order valence-electron chi connectivity index (χ0n) is 21.3. The molecular formula is C28H27ClN2O7. The number of carboxylic acid groups (broad SMARTS) is 1. The Bertz CT molecular complexity index is 1620. The number of carbonyl (C=O) groups is 3. The fraction of sp³-hybridized carbons (Fsp3) is 0.286. The number of hydrogen-bond donors (Lipinski definition) is 3. The number of aliphatic carboxylic acids is 1. The molecule has 0 aliphatic carbocycles. The first-order valence-corrected chi connectivity index (χ1v) is 12.4. The van der Waals surface area contributed by atoms with Gasteiger partial charge in [0.25, 0.3) is 0 Å². The van der Waals surface area contributed by atoms with E-state index in [2.05, 4.69) is 10.6 Å². The average Bonchev–Trinajstić information content (AvgIpc) is 3.13. The van der Waals surface area contributed by atoms with Crippen molar-refractivity contribution in [2.45, 2.75) is 52.6 Å². The van der Waals surface area contributed by atoms with Gasteiger partial charge in [0, 0.05) is 28.3 Å². The summed E-state index contributed by atoms with van der Waals surface area (Å²) < 4.78 is 11.2. The first-order valence-electron chi connectivity index (χ1n) is 12.0. The summed E-state index contributed by atoms with van der Waals surface area (Å²) in [4.78, 5) is 49.8. The number of halogens is 1. The van der Waals surface area contributed by atoms with Crippen LogP contribution in [0.4, 0.5) is 0 Å². The summed E-state index contributed by atoms with van der Waals surface area (Å²) in [6.45, 7) is 6.96. The number of furan rings is 1. The monoisotopic (exact) mass is 538 g/mol. The second-order valence-corrected chi connectivity index (χ2v) is 9.75. The van der Waals surface area contributed by atoms with Crippen molar-refractivity contribution in [3.63, 3.8) is 0 Å². The molecule has 198 valence electrons. The molecule has 2 amide bonds. The Morgan fingerprint density at radius 1 is 0.947 bits per heavy atom. The van der Waals surface area contributed by atoms with Gasteiger partial charge in [0.15, 0.2) is 0 Å². The van der Waals surface area contributed by atoms with Crippen LogP contribution in [0.1, 0.15) is 34.9 Å². The van der Waals surface area contributed by atoms with Crippen molar-refractivity contribution in [1.82, 2.24) is 10.6 Å². The molecule has 0 aliphatic heterocycles. The summed E-state index contributed by atoms with van der Waals surface area (Å²) in [5.74, 6) is -1.70. The molecule has 2 aromatic carbocycles. The predicted octanol–water partition coefficient (Wildman–Crippen LogP) is 3.98. The minimum atomic E-state index is -1.21. The van der Waals surface area contributed by atoms with E-state index < -0.39 is 35.5 Å². The first-order chi connectivity index (χ1) is 17.9. The molecule has 0 bridgehead atoms. The lowest BCUT2D eigenvalue weighted by atomic mass is 10.0. The molecule has 0 radical (unpaired) electrons. The van der Waals surface area contributed by atoms with Crippen LogP contribution in [0.5, 0.6) is 0 Å². The second-order valence-electron chi connectivity index (χ2n) is 9.32. The molecule has 0 spiro atoms. The molecule has 4 rings (SSSR count). The van der Waals surface area contributed by atoms with Crippen molar-refractivity contribution in [2.75, 3.05) is 0 Å². The number of nitrogens with one attached hydrogen (secondary N) is 2. The van der Waals surface area contributed by atoms with E-state index in [4.69, 9.17) is 20.4 Å². The van der Waals surface area contributed by atoms with Crippen LogP contribution in [0.3, 0.4) is 0 Å². The normalized spacial score (nSPS) is 12.9. The van der Waals surface area contributed by atoms with Gasteiger partial charge in [-0.2, -0.15) is 0 Å². The summed E-state index contributed by atoms with van der Waals surface area (Å²) in [5.41, 5.74) is 2.72. The van der Waals surface area contributed by atoms with Crippen LogP contribution >= 0.6 is 11.6 Å². The molecule has 3 N–H and O–H groups in total. The number of amides is 2. The maximum absolute atomic E-state index is 12.8. The van der Waals surface area contributed by atoms with Crippen molar-refractivity contribution >= 4 is 51.3 Å². The maximum Gasteiger partial charge on any atom is 0.340 e. The van der Waals surface area contributed by atoms with Gasteiger partial charge in [-0.3, -0.25) is 9.59 Å². The largest absolute Gasteiger partial charge is 0.480 e. The Kier molecular flexibility index (Phi) is 7.59. The molecule has 38 heavy (non-hydrogen) atoms. The number of carbonyl (C=O) groups excluding carboxylic acids is 2. The van der Waals surface area contributed by atoms with Gasteiger partial charge in [-0.15, -0.1) is 0 Å². The molecule has 0 saturated carbocycles. The van der Waals surface area contributed by atoms with Crippen LogP contribution in [-0.2, 0) is 27.2 Å². The average molecular weight is 539 g/mol. The second kappa shape index (κ2) is 10.7. The van der Waals surface area contributed by atoms with Crippen LogP contribution in [0, 0.1) is 20.8 Å². The summed E-state index contributed by atoms with van der Waals surface area (Å²) >= 11 is 5.87. The van der Waals surface area contributed by atoms with E-state index >= 15 is 0 Å². The fourth-order valence-corrected chi connectivity index (χ4v) is 4.43. The Balaban J connectivity index is 1.47. The van der Waals surface area contributed by atoms with E-state index in [1.54, 1.807) is 37.3 Å². The van der Waals surface area contributed by atoms with Crippen LogP contribution in [-0.4, -0.2) is 35.0 Å². The number of carboxylic acids is 1. The minimum Gasteiger partial charge on any atom is -0.480 e. The van der Waals surface area contributed by atoms with Crippen LogP contribution in [0.2, 0.25) is 5.02 Å². The Labute approximate surface area is 222 Å². The SMILES string of the molecule is Cc1oc2cc3oc(=O)c(CC(=O)N[C@@H](C)C(=O)N[C@H](Cc4ccc(Cl)cc4)C(=O)O)c(C)c3cc2c1C. The van der Waals surface area contributed by atoms with E-state index in [9.17, 15) is 24.3 Å². The lowest BCUT2D eigenvalue weighted by molar-refractivity contribution is -0.142. The molecule has 0 fully saturated rings. The predicted molar refractivity (Wildman–Crippen MR) is 142 cm³/mol. The van der Waals surface area contributed by atoms with Crippen molar-refractivity contribution in [3.8, 4) is 0 Å². The van der Waals surface area contributed by atoms with Gasteiger partial charge in [-0.25, -0.2) is 9.59 Å². The third kappa shape index (κ3) is 5.57. The first kappa shape index (κ1) is 26.9. The highest BCUT2D eigenvalue weighted by Crippen LogP contribution is 2.31. The lowest BCUT2D eigenvalue weighted by Crippen LogP contribution is -2.51. The van der Waals surface area contributed by atoms with Gasteiger partial charge >= 0.3 is 11.6 Å². The van der Waals surface area contributed by atoms with Gasteiger partial charge in [0.05, 0.1) is 12.0 Å². The molecule has 10 heteroatoms. The topological polar surface area (TPSA) is 139 Å². The summed E-state index contributed by atoms with van der Waals surface area (Å²) in [7, 11) is 0. The number of fused-ring (bicyclic) bond motifs is 2. The van der Waals surface area contributed by atoms with Gasteiger partial charge in [-0.05, 0) is 62.6 Å². The van der Waals surface area contributed by atoms with Crippen molar-refractivity contribution in [2.24, 2.45) is 0 Å². The van der Waals surface area contributed by atoms with Crippen LogP contribution < -0.4 is 16.3 Å². The third-order valence-electron chi connectivity index (χ3n) is 6.66. The molecule has 4 aromatic rings. The summed E-state index contributed by atoms with van der Waals surface area (Å²) in [6, 6.07) is 7.90. The number of rotatable bonds is 8. The highest BCUT2D eigenvalue weighted by molar-refractivity contribution is 6.30. The molecule has 0 aliphatic rings. The van der Waals surface area contributed by atoms with Gasteiger partial charge in [0.1, 0.15) is 29.0 Å². The van der Waals surface area contributed by atoms with Gasteiger partial charge in [0.2, 0.25) is 11.8 Å². The number of aryl methyl sites for hydroxylation is 3. The van der Waals surface area contributed by atoms with Crippen LogP contribution in [0.25, 0.3) is 21.9 Å². The number of hydrogen-bond acceptors (Lipinski definition) is 6. The Hall–Kier alpha value is -4.11. The Morgan fingerprint density at radius 2 is 1.58 bits per heavy atom.